The average molecular weight is 504 g/mol. The summed E-state index contributed by atoms with van der Waals surface area (Å²) in [6.45, 7) is 0.577. The first-order valence-corrected chi connectivity index (χ1v) is 12.7. The topological polar surface area (TPSA) is 72.2 Å². The van der Waals surface area contributed by atoms with Crippen molar-refractivity contribution in [2.75, 3.05) is 6.54 Å². The van der Waals surface area contributed by atoms with E-state index in [1.165, 1.54) is 12.1 Å². The lowest BCUT2D eigenvalue weighted by atomic mass is 10.0. The summed E-state index contributed by atoms with van der Waals surface area (Å²) in [6.07, 6.45) is 8.50. The molecule has 0 aliphatic carbocycles. The van der Waals surface area contributed by atoms with Crippen molar-refractivity contribution in [3.63, 3.8) is 0 Å². The third kappa shape index (κ3) is 4.70. The Morgan fingerprint density at radius 3 is 2.55 bits per heavy atom. The number of hydrogen-bond acceptors (Lipinski definition) is 4. The molecule has 7 heteroatoms. The zero-order valence-corrected chi connectivity index (χ0v) is 21.0. The number of fused-ring (bicyclic) bond motifs is 2. The molecule has 0 radical (unpaired) electrons. The smallest absolute Gasteiger partial charge is 0.251 e. The molecular formula is C31H26FN5O. The van der Waals surface area contributed by atoms with Crippen LogP contribution in [0.1, 0.15) is 29.6 Å². The number of amides is 1. The summed E-state index contributed by atoms with van der Waals surface area (Å²) in [5.74, 6) is -0.451. The Balaban J connectivity index is 1.34. The number of nitrogens with one attached hydrogen (secondary N) is 1. The maximum atomic E-state index is 13.7. The SMILES string of the molecule is Cn1ccc2cc(-c3nc4cc(C(=O)NCCCC5=NC=CC5)ccc4nc3-c3ccc(F)cc3)ccc21. The minimum Gasteiger partial charge on any atom is -0.352 e. The van der Waals surface area contributed by atoms with Gasteiger partial charge in [-0.2, -0.15) is 0 Å². The Bertz CT molecular complexity index is 1730. The van der Waals surface area contributed by atoms with E-state index in [4.69, 9.17) is 9.97 Å². The van der Waals surface area contributed by atoms with Crippen LogP contribution in [0.3, 0.4) is 0 Å². The van der Waals surface area contributed by atoms with E-state index in [9.17, 15) is 9.18 Å². The highest BCUT2D eigenvalue weighted by Gasteiger charge is 2.16. The van der Waals surface area contributed by atoms with Gasteiger partial charge in [-0.3, -0.25) is 9.79 Å². The molecule has 1 aliphatic heterocycles. The zero-order chi connectivity index (χ0) is 26.1. The number of nitrogens with zero attached hydrogens (tertiary/aromatic N) is 4. The Morgan fingerprint density at radius 1 is 0.947 bits per heavy atom. The number of benzene rings is 3. The van der Waals surface area contributed by atoms with E-state index in [1.54, 1.807) is 24.3 Å². The highest BCUT2D eigenvalue weighted by atomic mass is 19.1. The molecule has 3 aromatic carbocycles. The second kappa shape index (κ2) is 10.0. The van der Waals surface area contributed by atoms with Crippen molar-refractivity contribution in [1.29, 1.82) is 0 Å². The van der Waals surface area contributed by atoms with Crippen molar-refractivity contribution in [2.45, 2.75) is 19.3 Å². The molecule has 0 saturated carbocycles. The molecule has 0 saturated heterocycles. The fourth-order valence-electron chi connectivity index (χ4n) is 4.80. The van der Waals surface area contributed by atoms with Crippen molar-refractivity contribution in [3.05, 3.63) is 96.6 Å². The summed E-state index contributed by atoms with van der Waals surface area (Å²) in [6, 6.07) is 19.9. The summed E-state index contributed by atoms with van der Waals surface area (Å²) < 4.78 is 15.7. The number of carbonyl (C=O) groups excluding carboxylic acids is 1. The lowest BCUT2D eigenvalue weighted by Gasteiger charge is -2.12. The van der Waals surface area contributed by atoms with Crippen LogP contribution in [-0.4, -0.2) is 32.7 Å². The van der Waals surface area contributed by atoms with Crippen LogP contribution in [0.25, 0.3) is 44.5 Å². The first-order valence-electron chi connectivity index (χ1n) is 12.7. The molecule has 188 valence electrons. The highest BCUT2D eigenvalue weighted by molar-refractivity contribution is 5.98. The molecule has 1 aliphatic rings. The maximum absolute atomic E-state index is 13.7. The van der Waals surface area contributed by atoms with E-state index in [0.29, 0.717) is 34.5 Å². The molecule has 6 rings (SSSR count). The maximum Gasteiger partial charge on any atom is 0.251 e. The van der Waals surface area contributed by atoms with Crippen LogP contribution in [-0.2, 0) is 7.05 Å². The van der Waals surface area contributed by atoms with Crippen LogP contribution in [0.15, 0.2) is 90.2 Å². The second-order valence-electron chi connectivity index (χ2n) is 9.48. The molecular weight excluding hydrogens is 477 g/mol. The van der Waals surface area contributed by atoms with Crippen molar-refractivity contribution >= 4 is 33.6 Å². The Hall–Kier alpha value is -4.65. The van der Waals surface area contributed by atoms with Gasteiger partial charge in [0.2, 0.25) is 0 Å². The normalized spacial score (nSPS) is 12.8. The van der Waals surface area contributed by atoms with Gasteiger partial charge >= 0.3 is 0 Å². The Morgan fingerprint density at radius 2 is 1.74 bits per heavy atom. The number of allylic oxidation sites excluding steroid dienone is 1. The lowest BCUT2D eigenvalue weighted by molar-refractivity contribution is 0.0953. The molecule has 1 amide bonds. The zero-order valence-electron chi connectivity index (χ0n) is 21.0. The number of aryl methyl sites for hydroxylation is 1. The number of aromatic nitrogens is 3. The molecule has 0 unspecified atom stereocenters. The van der Waals surface area contributed by atoms with Gasteiger partial charge in [0.05, 0.1) is 22.4 Å². The molecule has 6 nitrogen and oxygen atoms in total. The summed E-state index contributed by atoms with van der Waals surface area (Å²) in [7, 11) is 2.01. The monoisotopic (exact) mass is 503 g/mol. The van der Waals surface area contributed by atoms with Gasteiger partial charge in [-0.1, -0.05) is 12.1 Å². The van der Waals surface area contributed by atoms with E-state index in [1.807, 2.05) is 37.7 Å². The molecule has 0 bridgehead atoms. The van der Waals surface area contributed by atoms with Gasteiger partial charge in [0, 0.05) is 65.7 Å². The van der Waals surface area contributed by atoms with E-state index >= 15 is 0 Å². The van der Waals surface area contributed by atoms with E-state index in [-0.39, 0.29) is 11.7 Å². The lowest BCUT2D eigenvalue weighted by Crippen LogP contribution is -2.24. The van der Waals surface area contributed by atoms with Crippen LogP contribution in [0.2, 0.25) is 0 Å². The fourth-order valence-corrected chi connectivity index (χ4v) is 4.80. The molecule has 0 spiro atoms. The van der Waals surface area contributed by atoms with Gasteiger partial charge in [0.25, 0.3) is 5.91 Å². The number of aliphatic imine (C=N–C) groups is 1. The Kier molecular flexibility index (Phi) is 6.25. The second-order valence-corrected chi connectivity index (χ2v) is 9.48. The summed E-state index contributed by atoms with van der Waals surface area (Å²) in [4.78, 5) is 27.1. The first-order chi connectivity index (χ1) is 18.5. The van der Waals surface area contributed by atoms with Crippen LogP contribution < -0.4 is 5.32 Å². The van der Waals surface area contributed by atoms with Gasteiger partial charge in [-0.15, -0.1) is 0 Å². The fraction of sp³-hybridized carbons (Fsp3) is 0.161. The molecule has 5 aromatic rings. The average Bonchev–Trinajstić information content (AvgIpc) is 3.60. The number of carbonyl (C=O) groups is 1. The van der Waals surface area contributed by atoms with E-state index < -0.39 is 0 Å². The first kappa shape index (κ1) is 23.7. The molecule has 1 N–H and O–H groups in total. The number of halogens is 1. The summed E-state index contributed by atoms with van der Waals surface area (Å²) >= 11 is 0. The van der Waals surface area contributed by atoms with Crippen molar-refractivity contribution in [3.8, 4) is 22.5 Å². The van der Waals surface area contributed by atoms with Gasteiger partial charge in [-0.05, 0) is 73.5 Å². The van der Waals surface area contributed by atoms with Crippen molar-refractivity contribution < 1.29 is 9.18 Å². The summed E-state index contributed by atoms with van der Waals surface area (Å²) in [5, 5.41) is 4.09. The highest BCUT2D eigenvalue weighted by Crippen LogP contribution is 2.33. The van der Waals surface area contributed by atoms with Crippen LogP contribution in [0.4, 0.5) is 4.39 Å². The standard InChI is InChI=1S/C31H26FN5O/c1-37-17-14-21-18-22(9-13-28(21)37)30-29(20-6-10-24(32)11-7-20)35-26-12-8-23(19-27(26)36-30)31(38)34-16-3-5-25-4-2-15-33-25/h2,6-15,17-19H,3-5,16H2,1H3,(H,34,38). The van der Waals surface area contributed by atoms with Crippen LogP contribution >= 0.6 is 0 Å². The van der Waals surface area contributed by atoms with Crippen molar-refractivity contribution in [1.82, 2.24) is 19.9 Å². The van der Waals surface area contributed by atoms with Gasteiger partial charge in [0.1, 0.15) is 5.82 Å². The minimum atomic E-state index is -0.307. The molecule has 2 aromatic heterocycles. The van der Waals surface area contributed by atoms with Gasteiger partial charge in [-0.25, -0.2) is 14.4 Å². The molecule has 0 fully saturated rings. The minimum absolute atomic E-state index is 0.143. The van der Waals surface area contributed by atoms with E-state index in [0.717, 1.165) is 47.0 Å². The largest absolute Gasteiger partial charge is 0.352 e. The third-order valence-corrected chi connectivity index (χ3v) is 6.85. The Labute approximate surface area is 219 Å². The van der Waals surface area contributed by atoms with Crippen molar-refractivity contribution in [2.24, 2.45) is 12.0 Å². The number of rotatable bonds is 7. The molecule has 3 heterocycles. The molecule has 38 heavy (non-hydrogen) atoms. The van der Waals surface area contributed by atoms with Crippen LogP contribution in [0.5, 0.6) is 0 Å². The molecule has 0 atom stereocenters. The van der Waals surface area contributed by atoms with Gasteiger partial charge < -0.3 is 9.88 Å². The summed E-state index contributed by atoms with van der Waals surface area (Å²) in [5.41, 5.74) is 7.09. The van der Waals surface area contributed by atoms with Crippen LogP contribution in [0, 0.1) is 5.82 Å². The third-order valence-electron chi connectivity index (χ3n) is 6.85. The number of hydrogen-bond donors (Lipinski definition) is 1. The van der Waals surface area contributed by atoms with E-state index in [2.05, 4.69) is 33.1 Å². The predicted octanol–water partition coefficient (Wildman–Crippen LogP) is 6.46. The predicted molar refractivity (Wildman–Crippen MR) is 150 cm³/mol. The van der Waals surface area contributed by atoms with Gasteiger partial charge in [0.15, 0.2) is 0 Å². The quantitative estimate of drug-likeness (QED) is 0.259.